The minimum atomic E-state index is -0.523. The van der Waals surface area contributed by atoms with E-state index in [4.69, 9.17) is 11.6 Å². The molecule has 0 saturated heterocycles. The lowest BCUT2D eigenvalue weighted by atomic mass is 10.1. The summed E-state index contributed by atoms with van der Waals surface area (Å²) in [6.45, 7) is 4.60. The van der Waals surface area contributed by atoms with Crippen molar-refractivity contribution in [2.75, 3.05) is 12.3 Å². The predicted octanol–water partition coefficient (Wildman–Crippen LogP) is 5.53. The minimum absolute atomic E-state index is 0.0135. The van der Waals surface area contributed by atoms with Gasteiger partial charge in [0.05, 0.1) is 0 Å². The van der Waals surface area contributed by atoms with E-state index in [2.05, 4.69) is 21.2 Å². The number of carbonyl (C=O) groups excluding carboxylic acids is 2. The van der Waals surface area contributed by atoms with Crippen molar-refractivity contribution in [3.63, 3.8) is 0 Å². The Bertz CT molecular complexity index is 817. The molecule has 29 heavy (non-hydrogen) atoms. The topological polar surface area (TPSA) is 49.4 Å². The summed E-state index contributed by atoms with van der Waals surface area (Å²) in [5.41, 5.74) is 0.986. The number of carbonyl (C=O) groups is 2. The number of likely N-dealkylation sites (N-methyl/N-ethyl adjacent to an activating group) is 1. The molecule has 156 valence electrons. The Morgan fingerprint density at radius 3 is 2.59 bits per heavy atom. The largest absolute Gasteiger partial charge is 0.355 e. The van der Waals surface area contributed by atoms with Crippen molar-refractivity contribution in [1.29, 1.82) is 0 Å². The normalized spacial score (nSPS) is 11.7. The van der Waals surface area contributed by atoms with E-state index in [1.165, 1.54) is 0 Å². The van der Waals surface area contributed by atoms with Gasteiger partial charge >= 0.3 is 0 Å². The van der Waals surface area contributed by atoms with E-state index >= 15 is 0 Å². The van der Waals surface area contributed by atoms with Gasteiger partial charge in [0.1, 0.15) is 6.04 Å². The number of hydrogen-bond donors (Lipinski definition) is 1. The molecule has 2 rings (SSSR count). The molecule has 0 unspecified atom stereocenters. The fraction of sp³-hybridized carbons (Fsp3) is 0.364. The Labute approximate surface area is 190 Å². The third kappa shape index (κ3) is 8.03. The van der Waals surface area contributed by atoms with Crippen molar-refractivity contribution in [1.82, 2.24) is 10.2 Å². The number of amides is 2. The van der Waals surface area contributed by atoms with Gasteiger partial charge in [-0.15, -0.1) is 11.8 Å². The zero-order chi connectivity index (χ0) is 21.2. The van der Waals surface area contributed by atoms with Crippen molar-refractivity contribution < 1.29 is 9.59 Å². The maximum Gasteiger partial charge on any atom is 0.242 e. The van der Waals surface area contributed by atoms with Crippen LogP contribution in [-0.4, -0.2) is 35.1 Å². The second-order valence-corrected chi connectivity index (χ2v) is 9.15. The fourth-order valence-corrected chi connectivity index (χ4v) is 4.25. The molecule has 0 heterocycles. The molecule has 1 atom stereocenters. The molecular weight excluding hydrogens is 472 g/mol. The van der Waals surface area contributed by atoms with Crippen molar-refractivity contribution in [3.8, 4) is 0 Å². The van der Waals surface area contributed by atoms with Crippen LogP contribution in [0.3, 0.4) is 0 Å². The molecule has 0 radical (unpaired) electrons. The lowest BCUT2D eigenvalue weighted by molar-refractivity contribution is -0.140. The number of rotatable bonds is 10. The summed E-state index contributed by atoms with van der Waals surface area (Å²) in [7, 11) is 0. The van der Waals surface area contributed by atoms with E-state index in [0.29, 0.717) is 24.5 Å². The smallest absolute Gasteiger partial charge is 0.242 e. The van der Waals surface area contributed by atoms with E-state index in [1.807, 2.05) is 55.5 Å². The van der Waals surface area contributed by atoms with Gasteiger partial charge in [0.25, 0.3) is 0 Å². The first-order chi connectivity index (χ1) is 13.9. The SMILES string of the molecule is CCNC(=O)[C@H](C)N(Cc1cccc(Br)c1)C(=O)CCCSc1ccc(Cl)cc1. The summed E-state index contributed by atoms with van der Waals surface area (Å²) >= 11 is 11.1. The second kappa shape index (κ2) is 12.3. The molecule has 7 heteroatoms. The van der Waals surface area contributed by atoms with Crippen LogP contribution in [0.4, 0.5) is 0 Å². The molecule has 2 amide bonds. The number of halogens is 2. The Morgan fingerprint density at radius 1 is 1.21 bits per heavy atom. The number of benzene rings is 2. The summed E-state index contributed by atoms with van der Waals surface area (Å²) in [4.78, 5) is 28.1. The zero-order valence-corrected chi connectivity index (χ0v) is 19.8. The number of thioether (sulfide) groups is 1. The summed E-state index contributed by atoms with van der Waals surface area (Å²) in [5.74, 6) is 0.681. The first-order valence-electron chi connectivity index (χ1n) is 9.60. The number of nitrogens with zero attached hydrogens (tertiary/aromatic N) is 1. The highest BCUT2D eigenvalue weighted by molar-refractivity contribution is 9.10. The molecular formula is C22H26BrClN2O2S. The Balaban J connectivity index is 1.97. The van der Waals surface area contributed by atoms with Gasteiger partial charge in [-0.2, -0.15) is 0 Å². The van der Waals surface area contributed by atoms with Crippen LogP contribution < -0.4 is 5.32 Å². The van der Waals surface area contributed by atoms with Crippen molar-refractivity contribution >= 4 is 51.1 Å². The minimum Gasteiger partial charge on any atom is -0.355 e. The van der Waals surface area contributed by atoms with Crippen LogP contribution in [0.2, 0.25) is 5.02 Å². The van der Waals surface area contributed by atoms with Gasteiger partial charge < -0.3 is 10.2 Å². The van der Waals surface area contributed by atoms with Crippen LogP contribution in [0.1, 0.15) is 32.3 Å². The van der Waals surface area contributed by atoms with Gasteiger partial charge in [0.2, 0.25) is 11.8 Å². The van der Waals surface area contributed by atoms with Gasteiger partial charge in [-0.05, 0) is 68.0 Å². The molecule has 0 bridgehead atoms. The molecule has 2 aromatic carbocycles. The highest BCUT2D eigenvalue weighted by Crippen LogP contribution is 2.22. The number of hydrogen-bond acceptors (Lipinski definition) is 3. The monoisotopic (exact) mass is 496 g/mol. The molecule has 0 saturated carbocycles. The summed E-state index contributed by atoms with van der Waals surface area (Å²) < 4.78 is 0.951. The maximum atomic E-state index is 12.9. The van der Waals surface area contributed by atoms with Crippen molar-refractivity contribution in [3.05, 3.63) is 63.6 Å². The zero-order valence-electron chi connectivity index (χ0n) is 16.7. The van der Waals surface area contributed by atoms with Gasteiger partial charge in [0.15, 0.2) is 0 Å². The van der Waals surface area contributed by atoms with E-state index in [1.54, 1.807) is 23.6 Å². The second-order valence-electron chi connectivity index (χ2n) is 6.63. The van der Waals surface area contributed by atoms with Gasteiger partial charge in [-0.3, -0.25) is 9.59 Å². The maximum absolute atomic E-state index is 12.9. The van der Waals surface area contributed by atoms with Gasteiger partial charge in [-0.1, -0.05) is 39.7 Å². The quantitative estimate of drug-likeness (QED) is 0.347. The Hall–Kier alpha value is -1.50. The molecule has 0 aliphatic carbocycles. The van der Waals surface area contributed by atoms with Crippen LogP contribution in [0.5, 0.6) is 0 Å². The van der Waals surface area contributed by atoms with Crippen LogP contribution >= 0.6 is 39.3 Å². The highest BCUT2D eigenvalue weighted by Gasteiger charge is 2.25. The van der Waals surface area contributed by atoms with Crippen molar-refractivity contribution in [2.24, 2.45) is 0 Å². The lowest BCUT2D eigenvalue weighted by Gasteiger charge is -2.29. The van der Waals surface area contributed by atoms with Crippen LogP contribution in [0.15, 0.2) is 57.9 Å². The standard InChI is InChI=1S/C22H26BrClN2O2S/c1-3-25-22(28)16(2)26(15-17-6-4-7-18(23)14-17)21(27)8-5-13-29-20-11-9-19(24)10-12-20/h4,6-7,9-12,14,16H,3,5,8,13,15H2,1-2H3,(H,25,28)/t16-/m0/s1. The fourth-order valence-electron chi connectivity index (χ4n) is 2.82. The molecule has 0 spiro atoms. The van der Waals surface area contributed by atoms with E-state index in [9.17, 15) is 9.59 Å². The van der Waals surface area contributed by atoms with E-state index in [0.717, 1.165) is 27.1 Å². The average molecular weight is 498 g/mol. The van der Waals surface area contributed by atoms with Crippen LogP contribution in [-0.2, 0) is 16.1 Å². The van der Waals surface area contributed by atoms with Crippen molar-refractivity contribution in [2.45, 2.75) is 44.2 Å². The Kier molecular flexibility index (Phi) is 10.0. The van der Waals surface area contributed by atoms with Gasteiger partial charge in [0, 0.05) is 33.9 Å². The molecule has 1 N–H and O–H groups in total. The first-order valence-corrected chi connectivity index (χ1v) is 11.8. The average Bonchev–Trinajstić information content (AvgIpc) is 2.70. The summed E-state index contributed by atoms with van der Waals surface area (Å²) in [6.07, 6.45) is 1.14. The van der Waals surface area contributed by atoms with E-state index in [-0.39, 0.29) is 11.8 Å². The molecule has 0 aromatic heterocycles. The van der Waals surface area contributed by atoms with E-state index < -0.39 is 6.04 Å². The molecule has 0 aliphatic heterocycles. The summed E-state index contributed by atoms with van der Waals surface area (Å²) in [6, 6.07) is 15.0. The molecule has 2 aromatic rings. The lowest BCUT2D eigenvalue weighted by Crippen LogP contribution is -2.47. The predicted molar refractivity (Wildman–Crippen MR) is 124 cm³/mol. The van der Waals surface area contributed by atoms with Crippen LogP contribution in [0, 0.1) is 0 Å². The first kappa shape index (κ1) is 23.8. The molecule has 0 aliphatic rings. The number of nitrogens with one attached hydrogen (secondary N) is 1. The van der Waals surface area contributed by atoms with Gasteiger partial charge in [-0.25, -0.2) is 0 Å². The highest BCUT2D eigenvalue weighted by atomic mass is 79.9. The molecule has 4 nitrogen and oxygen atoms in total. The third-order valence-electron chi connectivity index (χ3n) is 4.38. The Morgan fingerprint density at radius 2 is 1.93 bits per heavy atom. The molecule has 0 fully saturated rings. The van der Waals surface area contributed by atoms with Crippen LogP contribution in [0.25, 0.3) is 0 Å². The summed E-state index contributed by atoms with van der Waals surface area (Å²) in [5, 5.41) is 3.53. The third-order valence-corrected chi connectivity index (χ3v) is 6.22.